The van der Waals surface area contributed by atoms with Crippen LogP contribution in [0.5, 0.6) is 5.75 Å². The summed E-state index contributed by atoms with van der Waals surface area (Å²) in [4.78, 5) is 30.2. The fourth-order valence-electron chi connectivity index (χ4n) is 3.09. The number of thioether (sulfide) groups is 1. The van der Waals surface area contributed by atoms with Gasteiger partial charge in [0.05, 0.1) is 5.52 Å². The summed E-state index contributed by atoms with van der Waals surface area (Å²) < 4.78 is 1.40. The average Bonchev–Trinajstić information content (AvgIpc) is 2.71. The number of carbonyl (C=O) groups excluding carboxylic acids is 1. The van der Waals surface area contributed by atoms with E-state index >= 15 is 0 Å². The van der Waals surface area contributed by atoms with Crippen molar-refractivity contribution >= 4 is 39.9 Å². The minimum Gasteiger partial charge on any atom is -0.506 e. The van der Waals surface area contributed by atoms with Gasteiger partial charge in [-0.1, -0.05) is 0 Å². The third-order valence-corrected chi connectivity index (χ3v) is 5.57. The van der Waals surface area contributed by atoms with Crippen molar-refractivity contribution in [3.05, 3.63) is 58.4 Å². The van der Waals surface area contributed by atoms with Gasteiger partial charge in [-0.3, -0.25) is 9.59 Å². The first-order valence-electron chi connectivity index (χ1n) is 8.71. The Morgan fingerprint density at radius 1 is 1.04 bits per heavy atom. The number of fused-ring (bicyclic) bond motifs is 1. The molecule has 1 N–H and O–H groups in total. The van der Waals surface area contributed by atoms with Gasteiger partial charge in [-0.15, -0.1) is 11.8 Å². The molecule has 28 heavy (non-hydrogen) atoms. The Labute approximate surface area is 168 Å². The van der Waals surface area contributed by atoms with Crippen LogP contribution in [0.3, 0.4) is 0 Å². The van der Waals surface area contributed by atoms with Crippen molar-refractivity contribution in [3.8, 4) is 5.75 Å². The van der Waals surface area contributed by atoms with Crippen LogP contribution < -0.4 is 15.4 Å². The number of aryl methyl sites for hydroxylation is 1. The smallest absolute Gasteiger partial charge is 0.267 e. The summed E-state index contributed by atoms with van der Waals surface area (Å²) in [5.74, 6) is -0.831. The lowest BCUT2D eigenvalue weighted by Gasteiger charge is -2.20. The van der Waals surface area contributed by atoms with Gasteiger partial charge >= 0.3 is 0 Å². The monoisotopic (exact) mass is 397 g/mol. The number of rotatable bonds is 4. The topological polar surface area (TPSA) is 65.8 Å². The lowest BCUT2D eigenvalue weighted by atomic mass is 10.1. The van der Waals surface area contributed by atoms with Crippen molar-refractivity contribution < 1.29 is 9.90 Å². The van der Waals surface area contributed by atoms with E-state index in [4.69, 9.17) is 0 Å². The molecular weight excluding hydrogens is 374 g/mol. The second-order valence-electron chi connectivity index (χ2n) is 6.75. The number of nitrogens with zero attached hydrogens (tertiary/aromatic N) is 3. The van der Waals surface area contributed by atoms with Crippen molar-refractivity contribution in [2.45, 2.75) is 4.90 Å². The first-order valence-corrected chi connectivity index (χ1v) is 9.94. The van der Waals surface area contributed by atoms with Crippen LogP contribution in [-0.4, -0.2) is 43.0 Å². The van der Waals surface area contributed by atoms with Crippen LogP contribution in [0.1, 0.15) is 10.4 Å². The Morgan fingerprint density at radius 3 is 2.21 bits per heavy atom. The van der Waals surface area contributed by atoms with Crippen LogP contribution >= 0.6 is 11.8 Å². The molecule has 0 bridgehead atoms. The summed E-state index contributed by atoms with van der Waals surface area (Å²) in [7, 11) is 7.06. The van der Waals surface area contributed by atoms with Crippen LogP contribution in [0.15, 0.2) is 52.2 Å². The first-order chi connectivity index (χ1) is 13.3. The molecule has 3 aromatic rings. The minimum atomic E-state index is -0.549. The Morgan fingerprint density at radius 2 is 1.64 bits per heavy atom. The highest BCUT2D eigenvalue weighted by Gasteiger charge is 2.25. The van der Waals surface area contributed by atoms with Gasteiger partial charge in [0.2, 0.25) is 0 Å². The zero-order chi connectivity index (χ0) is 20.6. The van der Waals surface area contributed by atoms with Gasteiger partial charge in [-0.25, -0.2) is 0 Å². The lowest BCUT2D eigenvalue weighted by molar-refractivity contribution is 0.0988. The summed E-state index contributed by atoms with van der Waals surface area (Å²) in [5.41, 5.74) is 1.46. The number of aromatic hydroxyl groups is 1. The van der Waals surface area contributed by atoms with Gasteiger partial charge < -0.3 is 19.5 Å². The van der Waals surface area contributed by atoms with Crippen LogP contribution in [0.25, 0.3) is 10.9 Å². The van der Waals surface area contributed by atoms with Crippen molar-refractivity contribution in [1.29, 1.82) is 0 Å². The first kappa shape index (κ1) is 19.8. The molecular formula is C21H23N3O3S. The SMILES string of the molecule is CSc1ccc2c(c1)c(O)c(C(=O)N(C)c1ccc(N(C)C)cc1)c(=O)n2C. The predicted molar refractivity (Wildman–Crippen MR) is 116 cm³/mol. The van der Waals surface area contributed by atoms with Gasteiger partial charge in [0.1, 0.15) is 11.3 Å². The van der Waals surface area contributed by atoms with E-state index in [2.05, 4.69) is 0 Å². The van der Waals surface area contributed by atoms with Crippen LogP contribution in [0, 0.1) is 0 Å². The second kappa shape index (κ2) is 7.59. The third-order valence-electron chi connectivity index (χ3n) is 4.85. The van der Waals surface area contributed by atoms with Gasteiger partial charge in [0, 0.05) is 49.8 Å². The summed E-state index contributed by atoms with van der Waals surface area (Å²) >= 11 is 1.53. The van der Waals surface area contributed by atoms with E-state index in [-0.39, 0.29) is 11.3 Å². The molecule has 0 unspecified atom stereocenters. The Balaban J connectivity index is 2.11. The van der Waals surface area contributed by atoms with E-state index in [9.17, 15) is 14.7 Å². The van der Waals surface area contributed by atoms with E-state index in [0.29, 0.717) is 16.6 Å². The number of amides is 1. The van der Waals surface area contributed by atoms with E-state index in [1.165, 1.54) is 21.2 Å². The number of hydrogen-bond donors (Lipinski definition) is 1. The number of carbonyl (C=O) groups is 1. The van der Waals surface area contributed by atoms with Crippen LogP contribution in [-0.2, 0) is 7.05 Å². The Hall–Kier alpha value is -2.93. The summed E-state index contributed by atoms with van der Waals surface area (Å²) in [5, 5.41) is 11.3. The number of benzene rings is 2. The number of hydrogen-bond acceptors (Lipinski definition) is 5. The Bertz CT molecular complexity index is 1100. The molecule has 1 aromatic heterocycles. The molecule has 0 fully saturated rings. The van der Waals surface area contributed by atoms with Crippen molar-refractivity contribution in [2.75, 3.05) is 37.2 Å². The number of aromatic nitrogens is 1. The normalized spacial score (nSPS) is 10.9. The zero-order valence-electron chi connectivity index (χ0n) is 16.6. The van der Waals surface area contributed by atoms with E-state index in [1.807, 2.05) is 55.6 Å². The number of anilines is 2. The maximum absolute atomic E-state index is 13.1. The summed E-state index contributed by atoms with van der Waals surface area (Å²) in [6.45, 7) is 0. The fraction of sp³-hybridized carbons (Fsp3) is 0.238. The van der Waals surface area contributed by atoms with E-state index in [1.54, 1.807) is 26.2 Å². The largest absolute Gasteiger partial charge is 0.506 e. The second-order valence-corrected chi connectivity index (χ2v) is 7.63. The maximum Gasteiger partial charge on any atom is 0.267 e. The highest BCUT2D eigenvalue weighted by atomic mass is 32.2. The molecule has 6 nitrogen and oxygen atoms in total. The molecule has 0 aliphatic rings. The predicted octanol–water partition coefficient (Wildman–Crippen LogP) is 3.31. The molecule has 1 heterocycles. The third kappa shape index (κ3) is 3.33. The van der Waals surface area contributed by atoms with E-state index < -0.39 is 11.5 Å². The molecule has 146 valence electrons. The van der Waals surface area contributed by atoms with Gasteiger partial charge in [-0.2, -0.15) is 0 Å². The molecule has 0 radical (unpaired) electrons. The molecule has 0 aliphatic heterocycles. The number of pyridine rings is 1. The summed E-state index contributed by atoms with van der Waals surface area (Å²) in [6.07, 6.45) is 1.93. The van der Waals surface area contributed by atoms with Gasteiger partial charge in [0.15, 0.2) is 0 Å². The fourth-order valence-corrected chi connectivity index (χ4v) is 3.53. The quantitative estimate of drug-likeness (QED) is 0.684. The molecule has 7 heteroatoms. The molecule has 2 aromatic carbocycles. The lowest BCUT2D eigenvalue weighted by Crippen LogP contribution is -2.34. The molecule has 0 saturated carbocycles. The van der Waals surface area contributed by atoms with Crippen molar-refractivity contribution in [3.63, 3.8) is 0 Å². The molecule has 1 amide bonds. The van der Waals surface area contributed by atoms with Crippen LogP contribution in [0.2, 0.25) is 0 Å². The highest BCUT2D eigenvalue weighted by molar-refractivity contribution is 7.98. The molecule has 3 rings (SSSR count). The van der Waals surface area contributed by atoms with Gasteiger partial charge in [0.25, 0.3) is 11.5 Å². The van der Waals surface area contributed by atoms with Crippen LogP contribution in [0.4, 0.5) is 11.4 Å². The molecule has 0 atom stereocenters. The van der Waals surface area contributed by atoms with Crippen molar-refractivity contribution in [2.24, 2.45) is 7.05 Å². The van der Waals surface area contributed by atoms with Crippen molar-refractivity contribution in [1.82, 2.24) is 4.57 Å². The maximum atomic E-state index is 13.1. The van der Waals surface area contributed by atoms with E-state index in [0.717, 1.165) is 10.6 Å². The highest BCUT2D eigenvalue weighted by Crippen LogP contribution is 2.31. The minimum absolute atomic E-state index is 0.229. The molecule has 0 aliphatic carbocycles. The zero-order valence-corrected chi connectivity index (χ0v) is 17.4. The van der Waals surface area contributed by atoms with Gasteiger partial charge in [-0.05, 0) is 48.7 Å². The molecule has 0 spiro atoms. The average molecular weight is 398 g/mol. The molecule has 0 saturated heterocycles. The Kier molecular flexibility index (Phi) is 5.38. The standard InChI is InChI=1S/C21H23N3O3S/c1-22(2)13-6-8-14(9-7-13)23(3)20(26)18-19(25)16-12-15(28-5)10-11-17(16)24(4)21(18)27/h6-12,25H,1-5H3. The summed E-state index contributed by atoms with van der Waals surface area (Å²) in [6, 6.07) is 12.8.